The Balaban J connectivity index is 1.31. The van der Waals surface area contributed by atoms with E-state index in [0.29, 0.717) is 13.5 Å². The summed E-state index contributed by atoms with van der Waals surface area (Å²) in [6.45, 7) is 0.972. The third kappa shape index (κ3) is 6.11. The molecule has 0 aromatic carbocycles. The second-order valence-corrected chi connectivity index (χ2v) is 6.75. The van der Waals surface area contributed by atoms with Gasteiger partial charge in [-0.15, -0.1) is 9.81 Å². The average Bonchev–Trinajstić information content (AvgIpc) is 2.74. The van der Waals surface area contributed by atoms with E-state index >= 15 is 0 Å². The van der Waals surface area contributed by atoms with E-state index in [9.17, 15) is 9.81 Å². The molecule has 0 N–H and O–H groups in total. The fourth-order valence-electron chi connectivity index (χ4n) is 3.15. The van der Waals surface area contributed by atoms with E-state index in [1.54, 1.807) is 0 Å². The molecule has 3 rings (SSSR count). The zero-order valence-electron chi connectivity index (χ0n) is 15.6. The molecule has 0 radical (unpaired) electrons. The van der Waals surface area contributed by atoms with Gasteiger partial charge in [0, 0.05) is 24.8 Å². The van der Waals surface area contributed by atoms with Crippen molar-refractivity contribution < 1.29 is 9.47 Å². The third-order valence-electron chi connectivity index (χ3n) is 4.78. The lowest BCUT2D eigenvalue weighted by molar-refractivity contribution is -0.0610. The second kappa shape index (κ2) is 10.5. The summed E-state index contributed by atoms with van der Waals surface area (Å²) in [5.74, 6) is 0. The van der Waals surface area contributed by atoms with Gasteiger partial charge in [-0.3, -0.25) is 0 Å². The highest BCUT2D eigenvalue weighted by Gasteiger charge is 2.23. The van der Waals surface area contributed by atoms with Gasteiger partial charge in [-0.25, -0.2) is 0 Å². The normalized spacial score (nSPS) is 23.9. The number of nitroso groups, excluding NO2 is 2. The maximum Gasteiger partial charge on any atom is 0.122 e. The van der Waals surface area contributed by atoms with Crippen LogP contribution in [-0.4, -0.2) is 35.5 Å². The topological polar surface area (TPSA) is 83.8 Å². The Kier molecular flexibility index (Phi) is 7.45. The van der Waals surface area contributed by atoms with Gasteiger partial charge in [-0.2, -0.15) is 0 Å². The highest BCUT2D eigenvalue weighted by molar-refractivity contribution is 5.33. The van der Waals surface area contributed by atoms with Crippen LogP contribution in [0.5, 0.6) is 0 Å². The van der Waals surface area contributed by atoms with Gasteiger partial charge < -0.3 is 19.3 Å². The van der Waals surface area contributed by atoms with Gasteiger partial charge in [0.15, 0.2) is 0 Å². The maximum atomic E-state index is 10.2. The van der Waals surface area contributed by atoms with E-state index in [1.165, 1.54) is 12.4 Å². The molecular weight excluding hydrogens is 360 g/mol. The molecule has 0 amide bonds. The first-order valence-corrected chi connectivity index (χ1v) is 9.29. The van der Waals surface area contributed by atoms with Crippen molar-refractivity contribution in [1.82, 2.24) is 9.80 Å². The van der Waals surface area contributed by atoms with E-state index in [1.807, 2.05) is 58.9 Å². The summed E-state index contributed by atoms with van der Waals surface area (Å²) >= 11 is 0. The van der Waals surface area contributed by atoms with E-state index < -0.39 is 0 Å². The zero-order valence-corrected chi connectivity index (χ0v) is 15.6. The Morgan fingerprint density at radius 2 is 1.11 bits per heavy atom. The van der Waals surface area contributed by atoms with E-state index in [0.717, 1.165) is 36.8 Å². The third-order valence-corrected chi connectivity index (χ3v) is 4.78. The van der Waals surface area contributed by atoms with Crippen LogP contribution in [0, 0.1) is 9.81 Å². The Morgan fingerprint density at radius 1 is 0.750 bits per heavy atom. The van der Waals surface area contributed by atoms with Gasteiger partial charge in [0.2, 0.25) is 0 Å². The van der Waals surface area contributed by atoms with E-state index in [4.69, 9.17) is 9.47 Å². The molecule has 0 saturated heterocycles. The fourth-order valence-corrected chi connectivity index (χ4v) is 3.15. The molecule has 8 nitrogen and oxygen atoms in total. The minimum Gasteiger partial charge on any atom is -0.358 e. The monoisotopic (exact) mass is 384 g/mol. The lowest BCUT2D eigenvalue weighted by atomic mass is 9.95. The highest BCUT2D eigenvalue weighted by Crippen LogP contribution is 2.24. The smallest absolute Gasteiger partial charge is 0.122 e. The van der Waals surface area contributed by atoms with Crippen molar-refractivity contribution in [3.63, 3.8) is 0 Å². The number of rotatable bonds is 8. The number of nitrogens with zero attached hydrogens (tertiary/aromatic N) is 4. The molecule has 0 spiro atoms. The standard InChI is InChI=1S/C20H24N4O4/c25-21-13-17-5-9-23(10-6-17)15-27-19-1-2-20(4-3-19)28-16-24-11-7-18(8-12-24)14-22-26/h5-14,19-20H,1-4,15-16H2. The number of hydrogen-bond acceptors (Lipinski definition) is 8. The Morgan fingerprint density at radius 3 is 1.43 bits per heavy atom. The predicted octanol–water partition coefficient (Wildman–Crippen LogP) is 4.23. The summed E-state index contributed by atoms with van der Waals surface area (Å²) in [6, 6.07) is 0. The summed E-state index contributed by atoms with van der Waals surface area (Å²) in [5, 5.41) is 5.52. The van der Waals surface area contributed by atoms with Crippen molar-refractivity contribution in [3.05, 3.63) is 82.5 Å². The summed E-state index contributed by atoms with van der Waals surface area (Å²) in [5.41, 5.74) is 1.55. The Hall–Kier alpha value is -2.84. The van der Waals surface area contributed by atoms with Crippen LogP contribution in [0.4, 0.5) is 0 Å². The maximum absolute atomic E-state index is 10.2. The van der Waals surface area contributed by atoms with E-state index in [2.05, 4.69) is 10.4 Å². The molecule has 0 unspecified atom stereocenters. The van der Waals surface area contributed by atoms with Crippen LogP contribution in [-0.2, 0) is 9.47 Å². The molecule has 8 heteroatoms. The van der Waals surface area contributed by atoms with Crippen molar-refractivity contribution in [1.29, 1.82) is 0 Å². The summed E-state index contributed by atoms with van der Waals surface area (Å²) in [6.07, 6.45) is 21.7. The lowest BCUT2D eigenvalue weighted by Gasteiger charge is -2.31. The predicted molar refractivity (Wildman–Crippen MR) is 106 cm³/mol. The molecule has 3 aliphatic rings. The van der Waals surface area contributed by atoms with Crippen LogP contribution < -0.4 is 0 Å². The first kappa shape index (κ1) is 19.9. The summed E-state index contributed by atoms with van der Waals surface area (Å²) in [7, 11) is 0. The van der Waals surface area contributed by atoms with Crippen LogP contribution in [0.3, 0.4) is 0 Å². The minimum atomic E-state index is 0.230. The molecule has 0 aromatic heterocycles. The molecule has 1 fully saturated rings. The molecule has 0 aromatic rings. The van der Waals surface area contributed by atoms with Gasteiger partial charge >= 0.3 is 0 Å². The average molecular weight is 384 g/mol. The largest absolute Gasteiger partial charge is 0.358 e. The van der Waals surface area contributed by atoms with Crippen LogP contribution in [0.25, 0.3) is 0 Å². The van der Waals surface area contributed by atoms with Crippen LogP contribution in [0.1, 0.15) is 25.7 Å². The van der Waals surface area contributed by atoms with Crippen molar-refractivity contribution in [2.75, 3.05) is 13.5 Å². The Labute approximate surface area is 164 Å². The molecule has 0 atom stereocenters. The highest BCUT2D eigenvalue weighted by atomic mass is 16.5. The van der Waals surface area contributed by atoms with Gasteiger partial charge in [0.25, 0.3) is 0 Å². The summed E-state index contributed by atoms with van der Waals surface area (Å²) in [4.78, 5) is 24.3. The van der Waals surface area contributed by atoms with Crippen LogP contribution in [0.15, 0.2) is 83.0 Å². The van der Waals surface area contributed by atoms with E-state index in [-0.39, 0.29) is 12.2 Å². The van der Waals surface area contributed by atoms with Gasteiger partial charge in [0.1, 0.15) is 13.5 Å². The molecule has 28 heavy (non-hydrogen) atoms. The molecule has 1 aliphatic carbocycles. The van der Waals surface area contributed by atoms with Gasteiger partial charge in [-0.1, -0.05) is 0 Å². The minimum absolute atomic E-state index is 0.230. The van der Waals surface area contributed by atoms with Crippen molar-refractivity contribution in [2.24, 2.45) is 10.4 Å². The summed E-state index contributed by atoms with van der Waals surface area (Å²) < 4.78 is 12.0. The molecule has 1 saturated carbocycles. The Bertz CT molecular complexity index is 636. The fraction of sp³-hybridized carbons (Fsp3) is 0.400. The number of ether oxygens (including phenoxy) is 2. The van der Waals surface area contributed by atoms with Crippen LogP contribution in [0.2, 0.25) is 0 Å². The van der Waals surface area contributed by atoms with Crippen molar-refractivity contribution >= 4 is 0 Å². The first-order chi connectivity index (χ1) is 13.8. The molecule has 2 aliphatic heterocycles. The second-order valence-electron chi connectivity index (χ2n) is 6.75. The van der Waals surface area contributed by atoms with Gasteiger partial charge in [-0.05, 0) is 71.5 Å². The molecule has 0 bridgehead atoms. The molecule has 2 heterocycles. The molecular formula is C20H24N4O4. The van der Waals surface area contributed by atoms with Crippen molar-refractivity contribution in [2.45, 2.75) is 37.9 Å². The number of allylic oxidation sites excluding steroid dienone is 6. The first-order valence-electron chi connectivity index (χ1n) is 9.29. The van der Waals surface area contributed by atoms with Crippen LogP contribution >= 0.6 is 0 Å². The molecule has 148 valence electrons. The zero-order chi connectivity index (χ0) is 19.6. The van der Waals surface area contributed by atoms with Crippen molar-refractivity contribution in [3.8, 4) is 0 Å². The SMILES string of the molecule is O=NC=C1C=CN(COC2CCC(OCN3C=CC(=CN=O)C=C3)CC2)C=C1. The van der Waals surface area contributed by atoms with Gasteiger partial charge in [0.05, 0.1) is 24.6 Å². The number of hydrogen-bond donors (Lipinski definition) is 0. The lowest BCUT2D eigenvalue weighted by Crippen LogP contribution is -2.31. The quantitative estimate of drug-likeness (QED) is 0.582.